The largest absolute Gasteiger partial charge is 0.389 e. The zero-order chi connectivity index (χ0) is 13.4. The van der Waals surface area contributed by atoms with Gasteiger partial charge in [0.1, 0.15) is 0 Å². The number of benzene rings is 1. The van der Waals surface area contributed by atoms with Gasteiger partial charge in [0.2, 0.25) is 0 Å². The van der Waals surface area contributed by atoms with Gasteiger partial charge in [-0.05, 0) is 66.9 Å². The highest BCUT2D eigenvalue weighted by atomic mass is 79.9. The maximum Gasteiger partial charge on any atom is 0.0791 e. The summed E-state index contributed by atoms with van der Waals surface area (Å²) in [4.78, 5) is 0. The summed E-state index contributed by atoms with van der Waals surface area (Å²) in [5.41, 5.74) is 5.27. The van der Waals surface area contributed by atoms with Gasteiger partial charge in [0.25, 0.3) is 0 Å². The molecule has 4 heteroatoms. The number of rotatable bonds is 2. The molecule has 1 heterocycles. The molecule has 0 radical (unpaired) electrons. The summed E-state index contributed by atoms with van der Waals surface area (Å²) in [5.74, 6) is 0. The average molecular weight is 309 g/mol. The minimum atomic E-state index is -0.461. The van der Waals surface area contributed by atoms with Gasteiger partial charge in [-0.2, -0.15) is 5.10 Å². The highest BCUT2D eigenvalue weighted by molar-refractivity contribution is 9.10. The molecule has 3 nitrogen and oxygen atoms in total. The number of halogens is 1. The molecule has 0 unspecified atom stereocenters. The third-order valence-electron chi connectivity index (χ3n) is 3.34. The number of hydrogen-bond acceptors (Lipinski definition) is 2. The molecule has 0 saturated carbocycles. The first-order valence-corrected chi connectivity index (χ1v) is 6.72. The smallest absolute Gasteiger partial charge is 0.0791 e. The van der Waals surface area contributed by atoms with Crippen LogP contribution >= 0.6 is 15.9 Å². The molecule has 1 N–H and O–H groups in total. The Bertz CT molecular complexity index is 588. The summed E-state index contributed by atoms with van der Waals surface area (Å²) in [6, 6.07) is 5.84. The molecule has 0 amide bonds. The Morgan fingerprint density at radius 1 is 1.28 bits per heavy atom. The highest BCUT2D eigenvalue weighted by Crippen LogP contribution is 2.27. The van der Waals surface area contributed by atoms with E-state index in [1.807, 2.05) is 29.8 Å². The monoisotopic (exact) mass is 308 g/mol. The number of aromatic nitrogens is 2. The van der Waals surface area contributed by atoms with E-state index in [4.69, 9.17) is 0 Å². The first kappa shape index (κ1) is 13.3. The van der Waals surface area contributed by atoms with Gasteiger partial charge in [0.15, 0.2) is 0 Å². The van der Waals surface area contributed by atoms with E-state index in [0.717, 1.165) is 27.1 Å². The van der Waals surface area contributed by atoms with E-state index in [2.05, 4.69) is 34.9 Å². The van der Waals surface area contributed by atoms with Gasteiger partial charge in [0, 0.05) is 10.2 Å². The third kappa shape index (κ3) is 2.22. The second kappa shape index (κ2) is 4.86. The van der Waals surface area contributed by atoms with Crippen molar-refractivity contribution in [1.82, 2.24) is 9.78 Å². The molecule has 1 aromatic carbocycles. The SMILES string of the molecule is Cc1nn(-c2ccc([C@@H](C)O)cc2Br)c(C)c1C. The fourth-order valence-corrected chi connectivity index (χ4v) is 2.47. The number of aliphatic hydroxyl groups is 1. The lowest BCUT2D eigenvalue weighted by molar-refractivity contribution is 0.199. The maximum atomic E-state index is 9.57. The van der Waals surface area contributed by atoms with Crippen LogP contribution in [0.1, 0.15) is 35.5 Å². The Labute approximate surface area is 116 Å². The molecular weight excluding hydrogens is 292 g/mol. The van der Waals surface area contributed by atoms with Crippen LogP contribution in [0.2, 0.25) is 0 Å². The molecule has 0 saturated heterocycles. The number of hydrogen-bond donors (Lipinski definition) is 1. The molecule has 1 aromatic heterocycles. The lowest BCUT2D eigenvalue weighted by atomic mass is 10.1. The van der Waals surface area contributed by atoms with Crippen molar-refractivity contribution in [2.45, 2.75) is 33.8 Å². The Morgan fingerprint density at radius 2 is 1.94 bits per heavy atom. The van der Waals surface area contributed by atoms with Crippen molar-refractivity contribution in [2.24, 2.45) is 0 Å². The summed E-state index contributed by atoms with van der Waals surface area (Å²) >= 11 is 3.55. The fraction of sp³-hybridized carbons (Fsp3) is 0.357. The Kier molecular flexibility index (Phi) is 3.59. The molecule has 0 spiro atoms. The normalized spacial score (nSPS) is 12.8. The second-order valence-corrected chi connectivity index (χ2v) is 5.45. The van der Waals surface area contributed by atoms with E-state index in [1.54, 1.807) is 6.92 Å². The lowest BCUT2D eigenvalue weighted by Gasteiger charge is -2.11. The molecule has 96 valence electrons. The van der Waals surface area contributed by atoms with Crippen LogP contribution in [-0.2, 0) is 0 Å². The van der Waals surface area contributed by atoms with Crippen molar-refractivity contribution in [3.05, 3.63) is 45.2 Å². The minimum Gasteiger partial charge on any atom is -0.389 e. The summed E-state index contributed by atoms with van der Waals surface area (Å²) in [5, 5.41) is 14.1. The van der Waals surface area contributed by atoms with Crippen LogP contribution in [0.15, 0.2) is 22.7 Å². The number of nitrogens with zero attached hydrogens (tertiary/aromatic N) is 2. The lowest BCUT2D eigenvalue weighted by Crippen LogP contribution is -2.01. The van der Waals surface area contributed by atoms with Gasteiger partial charge in [-0.15, -0.1) is 0 Å². The van der Waals surface area contributed by atoms with Gasteiger partial charge in [0.05, 0.1) is 17.5 Å². The van der Waals surface area contributed by atoms with Crippen molar-refractivity contribution in [3.8, 4) is 5.69 Å². The van der Waals surface area contributed by atoms with Crippen LogP contribution in [0, 0.1) is 20.8 Å². The van der Waals surface area contributed by atoms with E-state index in [0.29, 0.717) is 0 Å². The van der Waals surface area contributed by atoms with Crippen LogP contribution in [-0.4, -0.2) is 14.9 Å². The van der Waals surface area contributed by atoms with Gasteiger partial charge < -0.3 is 5.11 Å². The first-order valence-electron chi connectivity index (χ1n) is 5.92. The standard InChI is InChI=1S/C14H17BrN2O/c1-8-9(2)16-17(10(8)3)14-6-5-12(11(4)18)7-13(14)15/h5-7,11,18H,1-4H3/t11-/m1/s1. The van der Waals surface area contributed by atoms with Gasteiger partial charge in [-0.3, -0.25) is 0 Å². The van der Waals surface area contributed by atoms with E-state index in [-0.39, 0.29) is 0 Å². The molecule has 0 bridgehead atoms. The van der Waals surface area contributed by atoms with E-state index in [9.17, 15) is 5.11 Å². The van der Waals surface area contributed by atoms with Gasteiger partial charge >= 0.3 is 0 Å². The fourth-order valence-electron chi connectivity index (χ4n) is 1.91. The Hall–Kier alpha value is -1.13. The van der Waals surface area contributed by atoms with Crippen LogP contribution in [0.25, 0.3) is 5.69 Å². The van der Waals surface area contributed by atoms with Crippen LogP contribution in [0.3, 0.4) is 0 Å². The van der Waals surface area contributed by atoms with E-state index < -0.39 is 6.10 Å². The van der Waals surface area contributed by atoms with Crippen molar-refractivity contribution in [2.75, 3.05) is 0 Å². The third-order valence-corrected chi connectivity index (χ3v) is 3.97. The zero-order valence-electron chi connectivity index (χ0n) is 11.0. The quantitative estimate of drug-likeness (QED) is 0.920. The summed E-state index contributed by atoms with van der Waals surface area (Å²) in [7, 11) is 0. The van der Waals surface area contributed by atoms with Crippen molar-refractivity contribution >= 4 is 15.9 Å². The van der Waals surface area contributed by atoms with Crippen molar-refractivity contribution < 1.29 is 5.11 Å². The minimum absolute atomic E-state index is 0.461. The molecule has 1 atom stereocenters. The molecule has 0 aliphatic rings. The van der Waals surface area contributed by atoms with Crippen molar-refractivity contribution in [1.29, 1.82) is 0 Å². The van der Waals surface area contributed by atoms with E-state index >= 15 is 0 Å². The predicted molar refractivity (Wildman–Crippen MR) is 76.1 cm³/mol. The molecule has 2 aromatic rings. The molecular formula is C14H17BrN2O. The second-order valence-electron chi connectivity index (χ2n) is 4.59. The van der Waals surface area contributed by atoms with Crippen molar-refractivity contribution in [3.63, 3.8) is 0 Å². The first-order chi connectivity index (χ1) is 8.41. The average Bonchev–Trinajstić information content (AvgIpc) is 2.57. The Morgan fingerprint density at radius 3 is 2.39 bits per heavy atom. The molecule has 0 aliphatic heterocycles. The maximum absolute atomic E-state index is 9.57. The molecule has 18 heavy (non-hydrogen) atoms. The predicted octanol–water partition coefficient (Wildman–Crippen LogP) is 3.61. The van der Waals surface area contributed by atoms with Gasteiger partial charge in [-0.1, -0.05) is 6.07 Å². The molecule has 0 fully saturated rings. The number of aliphatic hydroxyl groups excluding tert-OH is 1. The van der Waals surface area contributed by atoms with Gasteiger partial charge in [-0.25, -0.2) is 4.68 Å². The number of aryl methyl sites for hydroxylation is 1. The zero-order valence-corrected chi connectivity index (χ0v) is 12.6. The summed E-state index contributed by atoms with van der Waals surface area (Å²) in [6.07, 6.45) is -0.461. The summed E-state index contributed by atoms with van der Waals surface area (Å²) < 4.78 is 2.87. The van der Waals surface area contributed by atoms with Crippen LogP contribution < -0.4 is 0 Å². The topological polar surface area (TPSA) is 38.0 Å². The highest BCUT2D eigenvalue weighted by Gasteiger charge is 2.12. The van der Waals surface area contributed by atoms with Crippen LogP contribution in [0.4, 0.5) is 0 Å². The summed E-state index contributed by atoms with van der Waals surface area (Å²) in [6.45, 7) is 7.91. The molecule has 0 aliphatic carbocycles. The molecule has 2 rings (SSSR count). The van der Waals surface area contributed by atoms with Crippen LogP contribution in [0.5, 0.6) is 0 Å². The Balaban J connectivity index is 2.54. The van der Waals surface area contributed by atoms with E-state index in [1.165, 1.54) is 5.56 Å².